The molecule has 0 fully saturated rings. The molecule has 0 aliphatic heterocycles. The highest BCUT2D eigenvalue weighted by atomic mass is 32.2. The highest BCUT2D eigenvalue weighted by molar-refractivity contribution is 7.92. The minimum absolute atomic E-state index is 0.118. The minimum Gasteiger partial charge on any atom is -0.399 e. The van der Waals surface area contributed by atoms with Crippen molar-refractivity contribution < 1.29 is 8.42 Å². The summed E-state index contributed by atoms with van der Waals surface area (Å²) in [5.74, 6) is 0. The molecule has 3 aromatic rings. The Bertz CT molecular complexity index is 904. The summed E-state index contributed by atoms with van der Waals surface area (Å²) >= 11 is 1.06. The fourth-order valence-corrected chi connectivity index (χ4v) is 4.28. The first-order valence-electron chi connectivity index (χ1n) is 5.29. The molecule has 0 spiro atoms. The quantitative estimate of drug-likeness (QED) is 0.694. The average Bonchev–Trinajstić information content (AvgIpc) is 2.94. The average molecular weight is 295 g/mol. The van der Waals surface area contributed by atoms with Crippen LogP contribution < -0.4 is 11.4 Å². The van der Waals surface area contributed by atoms with Gasteiger partial charge in [-0.2, -0.15) is 12.4 Å². The number of imidazole rings is 1. The third kappa shape index (κ3) is 1.76. The fraction of sp³-hybridized carbons (Fsp3) is 0. The van der Waals surface area contributed by atoms with Crippen LogP contribution in [0.4, 0.5) is 5.69 Å². The maximum absolute atomic E-state index is 12.4. The zero-order chi connectivity index (χ0) is 13.6. The standard InChI is InChI=1S/C11H9N3O3S2/c12-7-3-4-9-8(6-7)13-11(15)14(9)19(16,17)10-2-1-5-18-10/h1-6H,12H2,(H,13,15). The number of H-pyrrole nitrogens is 1. The minimum atomic E-state index is -3.87. The number of hydrogen-bond acceptors (Lipinski definition) is 5. The molecule has 0 saturated carbocycles. The molecule has 2 aromatic heterocycles. The van der Waals surface area contributed by atoms with Crippen molar-refractivity contribution in [1.82, 2.24) is 8.96 Å². The molecular formula is C11H9N3O3S2. The van der Waals surface area contributed by atoms with Crippen LogP contribution in [0.1, 0.15) is 0 Å². The van der Waals surface area contributed by atoms with Crippen molar-refractivity contribution in [2.75, 3.05) is 5.73 Å². The van der Waals surface area contributed by atoms with Gasteiger partial charge >= 0.3 is 5.69 Å². The zero-order valence-corrected chi connectivity index (χ0v) is 11.2. The lowest BCUT2D eigenvalue weighted by Crippen LogP contribution is -2.24. The third-order valence-corrected chi connectivity index (χ3v) is 5.73. The first kappa shape index (κ1) is 12.0. The van der Waals surface area contributed by atoms with Gasteiger partial charge in [0.25, 0.3) is 10.0 Å². The molecule has 0 aliphatic carbocycles. The van der Waals surface area contributed by atoms with Crippen LogP contribution in [0.15, 0.2) is 44.7 Å². The summed E-state index contributed by atoms with van der Waals surface area (Å²) < 4.78 is 25.7. The summed E-state index contributed by atoms with van der Waals surface area (Å²) in [6.07, 6.45) is 0. The number of nitrogens with zero attached hydrogens (tertiary/aromatic N) is 1. The van der Waals surface area contributed by atoms with Crippen molar-refractivity contribution in [2.24, 2.45) is 0 Å². The predicted octanol–water partition coefficient (Wildman–Crippen LogP) is 1.21. The molecule has 3 N–H and O–H groups in total. The Balaban J connectivity index is 2.38. The van der Waals surface area contributed by atoms with E-state index in [4.69, 9.17) is 5.73 Å². The first-order chi connectivity index (χ1) is 9.00. The summed E-state index contributed by atoms with van der Waals surface area (Å²) in [5.41, 5.74) is 6.04. The second-order valence-electron chi connectivity index (χ2n) is 3.91. The number of nitrogens with one attached hydrogen (secondary N) is 1. The Morgan fingerprint density at radius 3 is 2.74 bits per heavy atom. The highest BCUT2D eigenvalue weighted by Crippen LogP contribution is 2.22. The smallest absolute Gasteiger partial charge is 0.340 e. The van der Waals surface area contributed by atoms with Gasteiger partial charge in [-0.25, -0.2) is 4.79 Å². The Morgan fingerprint density at radius 2 is 2.05 bits per heavy atom. The number of nitrogen functional groups attached to an aromatic ring is 1. The van der Waals surface area contributed by atoms with E-state index >= 15 is 0 Å². The van der Waals surface area contributed by atoms with Crippen molar-refractivity contribution in [2.45, 2.75) is 4.21 Å². The van der Waals surface area contributed by atoms with Crippen LogP contribution in [-0.2, 0) is 10.0 Å². The molecule has 6 nitrogen and oxygen atoms in total. The van der Waals surface area contributed by atoms with E-state index < -0.39 is 15.7 Å². The number of thiophene rings is 1. The van der Waals surface area contributed by atoms with E-state index in [0.717, 1.165) is 15.3 Å². The lowest BCUT2D eigenvalue weighted by molar-refractivity contribution is 0.589. The number of anilines is 1. The maximum atomic E-state index is 12.4. The van der Waals surface area contributed by atoms with E-state index in [1.165, 1.54) is 18.2 Å². The van der Waals surface area contributed by atoms with E-state index in [9.17, 15) is 13.2 Å². The molecule has 0 saturated heterocycles. The Morgan fingerprint density at radius 1 is 1.26 bits per heavy atom. The van der Waals surface area contributed by atoms with E-state index in [0.29, 0.717) is 11.2 Å². The molecule has 0 aliphatic rings. The van der Waals surface area contributed by atoms with Crippen LogP contribution in [-0.4, -0.2) is 17.4 Å². The number of aromatic nitrogens is 2. The summed E-state index contributed by atoms with van der Waals surface area (Å²) in [5, 5.41) is 1.64. The van der Waals surface area contributed by atoms with Gasteiger partial charge in [0.1, 0.15) is 4.21 Å². The van der Waals surface area contributed by atoms with E-state index in [1.54, 1.807) is 17.5 Å². The molecule has 0 bridgehead atoms. The lowest BCUT2D eigenvalue weighted by atomic mass is 10.3. The number of fused-ring (bicyclic) bond motifs is 1. The van der Waals surface area contributed by atoms with E-state index in [1.807, 2.05) is 0 Å². The monoisotopic (exact) mass is 295 g/mol. The second kappa shape index (κ2) is 3.97. The van der Waals surface area contributed by atoms with Gasteiger partial charge in [0.05, 0.1) is 11.0 Å². The van der Waals surface area contributed by atoms with Crippen LogP contribution in [0, 0.1) is 0 Å². The summed E-state index contributed by atoms with van der Waals surface area (Å²) in [7, 11) is -3.87. The Kier molecular flexibility index (Phi) is 2.51. The van der Waals surface area contributed by atoms with Gasteiger partial charge in [-0.15, -0.1) is 11.3 Å². The first-order valence-corrected chi connectivity index (χ1v) is 7.61. The third-order valence-electron chi connectivity index (χ3n) is 2.66. The van der Waals surface area contributed by atoms with Gasteiger partial charge in [-0.3, -0.25) is 0 Å². The largest absolute Gasteiger partial charge is 0.399 e. The van der Waals surface area contributed by atoms with E-state index in [2.05, 4.69) is 4.98 Å². The molecule has 2 heterocycles. The molecule has 3 rings (SSSR count). The zero-order valence-electron chi connectivity index (χ0n) is 9.53. The van der Waals surface area contributed by atoms with Crippen molar-refractivity contribution in [3.63, 3.8) is 0 Å². The summed E-state index contributed by atoms with van der Waals surface area (Å²) in [6, 6.07) is 7.67. The van der Waals surface area contributed by atoms with E-state index in [-0.39, 0.29) is 9.73 Å². The summed E-state index contributed by atoms with van der Waals surface area (Å²) in [4.78, 5) is 14.4. The van der Waals surface area contributed by atoms with Gasteiger partial charge in [-0.1, -0.05) is 6.07 Å². The second-order valence-corrected chi connectivity index (χ2v) is 6.87. The van der Waals surface area contributed by atoms with Crippen LogP contribution in [0.25, 0.3) is 11.0 Å². The molecule has 0 amide bonds. The number of aromatic amines is 1. The SMILES string of the molecule is Nc1ccc2c(c1)[nH]c(=O)n2S(=O)(=O)c1cccs1. The van der Waals surface area contributed by atoms with Crippen LogP contribution in [0.5, 0.6) is 0 Å². The number of hydrogen-bond donors (Lipinski definition) is 2. The Hall–Kier alpha value is -2.06. The van der Waals surface area contributed by atoms with Gasteiger partial charge in [-0.05, 0) is 29.6 Å². The van der Waals surface area contributed by atoms with Crippen molar-refractivity contribution in [1.29, 1.82) is 0 Å². The predicted molar refractivity (Wildman–Crippen MR) is 73.9 cm³/mol. The van der Waals surface area contributed by atoms with Crippen LogP contribution in [0.3, 0.4) is 0 Å². The molecule has 0 unspecified atom stereocenters. The maximum Gasteiger partial charge on any atom is 0.340 e. The molecule has 98 valence electrons. The number of nitrogens with two attached hydrogens (primary N) is 1. The highest BCUT2D eigenvalue weighted by Gasteiger charge is 2.23. The molecule has 0 atom stereocenters. The van der Waals surface area contributed by atoms with Gasteiger partial charge in [0.2, 0.25) is 0 Å². The van der Waals surface area contributed by atoms with Crippen molar-refractivity contribution >= 4 is 38.1 Å². The number of rotatable bonds is 2. The van der Waals surface area contributed by atoms with Crippen molar-refractivity contribution in [3.8, 4) is 0 Å². The normalized spacial score (nSPS) is 12.0. The van der Waals surface area contributed by atoms with Crippen LogP contribution >= 0.6 is 11.3 Å². The fourth-order valence-electron chi connectivity index (χ4n) is 1.85. The lowest BCUT2D eigenvalue weighted by Gasteiger charge is -2.03. The van der Waals surface area contributed by atoms with Gasteiger partial charge in [0, 0.05) is 5.69 Å². The van der Waals surface area contributed by atoms with Gasteiger partial charge < -0.3 is 10.7 Å². The molecule has 19 heavy (non-hydrogen) atoms. The topological polar surface area (TPSA) is 97.9 Å². The molecule has 1 aromatic carbocycles. The van der Waals surface area contributed by atoms with Crippen molar-refractivity contribution in [3.05, 3.63) is 46.2 Å². The molecule has 0 radical (unpaired) electrons. The molecule has 8 heteroatoms. The van der Waals surface area contributed by atoms with Gasteiger partial charge in [0.15, 0.2) is 0 Å². The summed E-state index contributed by atoms with van der Waals surface area (Å²) in [6.45, 7) is 0. The van der Waals surface area contributed by atoms with Crippen LogP contribution in [0.2, 0.25) is 0 Å². The molecular weight excluding hydrogens is 286 g/mol. The Labute approximate surface area is 112 Å². The number of benzene rings is 1.